The molecule has 0 aliphatic rings. The molecule has 0 bridgehead atoms. The molecule has 1 atom stereocenters. The number of hydrogen-bond donors (Lipinski definition) is 0. The van der Waals surface area contributed by atoms with E-state index in [2.05, 4.69) is 23.4 Å². The van der Waals surface area contributed by atoms with Gasteiger partial charge in [-0.3, -0.25) is 0 Å². The third kappa shape index (κ3) is 2.80. The van der Waals surface area contributed by atoms with Gasteiger partial charge in [0.25, 0.3) is 0 Å². The second-order valence-electron chi connectivity index (χ2n) is 4.96. The van der Waals surface area contributed by atoms with Gasteiger partial charge in [-0.2, -0.15) is 0 Å². The fourth-order valence-corrected chi connectivity index (χ4v) is 3.64. The number of benzene rings is 1. The van der Waals surface area contributed by atoms with Gasteiger partial charge in [0.1, 0.15) is 10.8 Å². The van der Waals surface area contributed by atoms with Crippen LogP contribution in [-0.4, -0.2) is 20.4 Å². The van der Waals surface area contributed by atoms with E-state index < -0.39 is 0 Å². The Balaban J connectivity index is 2.18. The first-order valence-electron chi connectivity index (χ1n) is 6.75. The van der Waals surface area contributed by atoms with E-state index >= 15 is 0 Å². The van der Waals surface area contributed by atoms with Crippen molar-refractivity contribution in [3.8, 4) is 0 Å². The third-order valence-corrected chi connectivity index (χ3v) is 4.93. The number of fused-ring (bicyclic) bond motifs is 1. The molecule has 21 heavy (non-hydrogen) atoms. The van der Waals surface area contributed by atoms with E-state index in [1.165, 1.54) is 4.88 Å². The molecule has 0 spiro atoms. The zero-order valence-electron chi connectivity index (χ0n) is 11.8. The summed E-state index contributed by atoms with van der Waals surface area (Å²) in [5.41, 5.74) is 1.97. The minimum Gasteiger partial charge on any atom is -0.318 e. The van der Waals surface area contributed by atoms with E-state index in [4.69, 9.17) is 28.2 Å². The number of alkyl halides is 1. The van der Waals surface area contributed by atoms with Gasteiger partial charge in [-0.25, -0.2) is 9.97 Å². The van der Waals surface area contributed by atoms with Crippen LogP contribution in [0.4, 0.5) is 0 Å². The number of aryl methyl sites for hydroxylation is 2. The lowest BCUT2D eigenvalue weighted by atomic mass is 10.2. The van der Waals surface area contributed by atoms with E-state index in [9.17, 15) is 0 Å². The van der Waals surface area contributed by atoms with Crippen molar-refractivity contribution in [2.75, 3.05) is 5.88 Å². The van der Waals surface area contributed by atoms with E-state index in [-0.39, 0.29) is 6.04 Å². The molecule has 110 valence electrons. The molecule has 1 aromatic carbocycles. The maximum Gasteiger partial charge on any atom is 0.115 e. The van der Waals surface area contributed by atoms with Gasteiger partial charge in [0.05, 0.1) is 17.1 Å². The van der Waals surface area contributed by atoms with Gasteiger partial charge < -0.3 is 4.57 Å². The summed E-state index contributed by atoms with van der Waals surface area (Å²) in [5, 5.41) is 1.78. The summed E-state index contributed by atoms with van der Waals surface area (Å²) < 4.78 is 2.20. The van der Waals surface area contributed by atoms with Gasteiger partial charge >= 0.3 is 0 Å². The quantitative estimate of drug-likeness (QED) is 0.636. The molecular weight excluding hydrogens is 325 g/mol. The largest absolute Gasteiger partial charge is 0.318 e. The highest BCUT2D eigenvalue weighted by atomic mass is 35.5. The number of halogens is 2. The summed E-state index contributed by atoms with van der Waals surface area (Å²) in [4.78, 5) is 10.4. The van der Waals surface area contributed by atoms with Crippen molar-refractivity contribution >= 4 is 45.6 Å². The van der Waals surface area contributed by atoms with E-state index in [1.54, 1.807) is 11.3 Å². The van der Waals surface area contributed by atoms with Gasteiger partial charge in [-0.05, 0) is 32.0 Å². The van der Waals surface area contributed by atoms with Crippen molar-refractivity contribution < 1.29 is 0 Å². The van der Waals surface area contributed by atoms with Gasteiger partial charge in [0.2, 0.25) is 0 Å². The fourth-order valence-electron chi connectivity index (χ4n) is 2.48. The van der Waals surface area contributed by atoms with Gasteiger partial charge in [0, 0.05) is 28.4 Å². The SMILES string of the molecule is Cc1cnc(C(C)n2c(CCCl)nc3ccc(Cl)cc32)s1. The Morgan fingerprint density at radius 2 is 2.19 bits per heavy atom. The fraction of sp³-hybridized carbons (Fsp3) is 0.333. The zero-order chi connectivity index (χ0) is 15.0. The second-order valence-corrected chi connectivity index (χ2v) is 7.04. The Hall–Kier alpha value is -1.10. The van der Waals surface area contributed by atoms with E-state index in [0.29, 0.717) is 10.9 Å². The molecule has 0 aliphatic heterocycles. The Labute approximate surface area is 137 Å². The molecule has 0 N–H and O–H groups in total. The van der Waals surface area contributed by atoms with E-state index in [1.807, 2.05) is 24.4 Å². The molecule has 0 amide bonds. The van der Waals surface area contributed by atoms with Crippen LogP contribution in [0.1, 0.15) is 28.7 Å². The molecule has 0 saturated heterocycles. The second kappa shape index (κ2) is 5.95. The van der Waals surface area contributed by atoms with Crippen LogP contribution in [-0.2, 0) is 6.42 Å². The first-order valence-corrected chi connectivity index (χ1v) is 8.47. The van der Waals surface area contributed by atoms with Gasteiger partial charge in [0.15, 0.2) is 0 Å². The Bertz CT molecular complexity index is 778. The smallest absolute Gasteiger partial charge is 0.115 e. The molecule has 0 radical (unpaired) electrons. The van der Waals surface area contributed by atoms with Crippen LogP contribution in [0.2, 0.25) is 5.02 Å². The van der Waals surface area contributed by atoms with Gasteiger partial charge in [-0.1, -0.05) is 11.6 Å². The lowest BCUT2D eigenvalue weighted by Crippen LogP contribution is -2.11. The average Bonchev–Trinajstić information content (AvgIpc) is 3.02. The van der Waals surface area contributed by atoms with Gasteiger partial charge in [-0.15, -0.1) is 22.9 Å². The number of thiazole rings is 1. The van der Waals surface area contributed by atoms with Crippen molar-refractivity contribution in [3.05, 3.63) is 45.1 Å². The molecule has 3 aromatic rings. The van der Waals surface area contributed by atoms with Crippen LogP contribution in [0.25, 0.3) is 11.0 Å². The highest BCUT2D eigenvalue weighted by Gasteiger charge is 2.19. The summed E-state index contributed by atoms with van der Waals surface area (Å²) in [6.07, 6.45) is 2.63. The zero-order valence-corrected chi connectivity index (χ0v) is 14.1. The highest BCUT2D eigenvalue weighted by molar-refractivity contribution is 7.11. The minimum absolute atomic E-state index is 0.116. The van der Waals surface area contributed by atoms with Crippen LogP contribution in [0.5, 0.6) is 0 Å². The van der Waals surface area contributed by atoms with Crippen LogP contribution in [0, 0.1) is 6.92 Å². The summed E-state index contributed by atoms with van der Waals surface area (Å²) in [6.45, 7) is 4.20. The summed E-state index contributed by atoms with van der Waals surface area (Å²) >= 11 is 13.8. The summed E-state index contributed by atoms with van der Waals surface area (Å²) in [6, 6.07) is 5.89. The number of nitrogens with zero attached hydrogens (tertiary/aromatic N) is 3. The lowest BCUT2D eigenvalue weighted by Gasteiger charge is -2.15. The third-order valence-electron chi connectivity index (χ3n) is 3.43. The molecule has 6 heteroatoms. The molecule has 3 nitrogen and oxygen atoms in total. The molecule has 0 fully saturated rings. The van der Waals surface area contributed by atoms with Crippen LogP contribution in [0.3, 0.4) is 0 Å². The standard InChI is InChI=1S/C15H15Cl2N3S/c1-9-8-18-15(21-9)10(2)20-13-7-11(17)3-4-12(13)19-14(20)5-6-16/h3-4,7-8,10H,5-6H2,1-2H3. The molecular formula is C15H15Cl2N3S. The van der Waals surface area contributed by atoms with Crippen molar-refractivity contribution in [3.63, 3.8) is 0 Å². The van der Waals surface area contributed by atoms with Crippen LogP contribution < -0.4 is 0 Å². The molecule has 0 saturated carbocycles. The lowest BCUT2D eigenvalue weighted by molar-refractivity contribution is 0.620. The Morgan fingerprint density at radius 3 is 2.86 bits per heavy atom. The summed E-state index contributed by atoms with van der Waals surface area (Å²) in [5.74, 6) is 1.52. The van der Waals surface area contributed by atoms with Crippen LogP contribution >= 0.6 is 34.5 Å². The molecule has 1 unspecified atom stereocenters. The van der Waals surface area contributed by atoms with Crippen molar-refractivity contribution in [1.29, 1.82) is 0 Å². The monoisotopic (exact) mass is 339 g/mol. The first kappa shape index (κ1) is 14.8. The predicted molar refractivity (Wildman–Crippen MR) is 89.8 cm³/mol. The maximum atomic E-state index is 6.15. The Morgan fingerprint density at radius 1 is 1.38 bits per heavy atom. The minimum atomic E-state index is 0.116. The highest BCUT2D eigenvalue weighted by Crippen LogP contribution is 2.30. The number of rotatable bonds is 4. The maximum absolute atomic E-state index is 6.15. The number of aromatic nitrogens is 3. The van der Waals surface area contributed by atoms with Crippen molar-refractivity contribution in [2.24, 2.45) is 0 Å². The number of hydrogen-bond acceptors (Lipinski definition) is 3. The molecule has 0 aliphatic carbocycles. The number of imidazole rings is 1. The van der Waals surface area contributed by atoms with Crippen molar-refractivity contribution in [2.45, 2.75) is 26.3 Å². The Kier molecular flexibility index (Phi) is 4.20. The van der Waals surface area contributed by atoms with E-state index in [0.717, 1.165) is 28.3 Å². The van der Waals surface area contributed by atoms with Crippen molar-refractivity contribution in [1.82, 2.24) is 14.5 Å². The first-order chi connectivity index (χ1) is 10.1. The molecule has 2 heterocycles. The topological polar surface area (TPSA) is 30.7 Å². The summed E-state index contributed by atoms with van der Waals surface area (Å²) in [7, 11) is 0. The molecule has 2 aromatic heterocycles. The molecule has 3 rings (SSSR count). The van der Waals surface area contributed by atoms with Crippen LogP contribution in [0.15, 0.2) is 24.4 Å². The normalized spacial score (nSPS) is 13.0. The predicted octanol–water partition coefficient (Wildman–Crippen LogP) is 4.85. The average molecular weight is 340 g/mol.